The number of carbonyl (C=O) groups excluding carboxylic acids is 1. The minimum absolute atomic E-state index is 0.000620. The molecule has 1 N–H and O–H groups in total. The number of sulfonamides is 1. The summed E-state index contributed by atoms with van der Waals surface area (Å²) < 4.78 is 45.8. The van der Waals surface area contributed by atoms with Crippen molar-refractivity contribution in [1.82, 2.24) is 9.62 Å². The molecule has 0 aliphatic heterocycles. The number of hydrogen-bond acceptors (Lipinski definition) is 4. The molecule has 33 heavy (non-hydrogen) atoms. The van der Waals surface area contributed by atoms with Gasteiger partial charge in [-0.05, 0) is 67.1 Å². The maximum absolute atomic E-state index is 13.1. The Hall–Kier alpha value is -2.94. The number of ether oxygens (including phenoxy) is 1. The molecule has 0 fully saturated rings. The second-order valence-corrected chi connectivity index (χ2v) is 9.76. The van der Waals surface area contributed by atoms with E-state index in [4.69, 9.17) is 16.3 Å². The standard InChI is InChI=1S/C24H24ClFN2O4S/c1-3-32-23-13-6-18(24(29)27-15-17-4-9-21(26)10-5-17)14-19(23)16-28(2)33(30,31)22-11-7-20(25)8-12-22/h4-14H,3,15-16H2,1-2H3,(H,27,29). The van der Waals surface area contributed by atoms with E-state index < -0.39 is 10.0 Å². The van der Waals surface area contributed by atoms with Gasteiger partial charge in [0, 0.05) is 36.3 Å². The molecule has 0 saturated heterocycles. The number of nitrogens with zero attached hydrogens (tertiary/aromatic N) is 1. The summed E-state index contributed by atoms with van der Waals surface area (Å²) in [5.41, 5.74) is 1.66. The molecule has 0 bridgehead atoms. The van der Waals surface area contributed by atoms with Crippen molar-refractivity contribution in [2.24, 2.45) is 0 Å². The normalized spacial score (nSPS) is 11.4. The zero-order valence-electron chi connectivity index (χ0n) is 18.2. The number of amides is 1. The summed E-state index contributed by atoms with van der Waals surface area (Å²) in [6.07, 6.45) is 0. The summed E-state index contributed by atoms with van der Waals surface area (Å²) >= 11 is 5.87. The van der Waals surface area contributed by atoms with Gasteiger partial charge in [-0.15, -0.1) is 0 Å². The van der Waals surface area contributed by atoms with Crippen molar-refractivity contribution in [2.45, 2.75) is 24.9 Å². The molecular formula is C24H24ClFN2O4S. The Labute approximate surface area is 198 Å². The Balaban J connectivity index is 1.79. The third kappa shape index (κ3) is 6.31. The molecule has 0 spiro atoms. The zero-order chi connectivity index (χ0) is 24.0. The molecule has 0 aromatic heterocycles. The first-order chi connectivity index (χ1) is 15.7. The second-order valence-electron chi connectivity index (χ2n) is 7.28. The molecule has 1 amide bonds. The van der Waals surface area contributed by atoms with Crippen molar-refractivity contribution in [3.8, 4) is 5.75 Å². The van der Waals surface area contributed by atoms with Crippen LogP contribution in [0.15, 0.2) is 71.6 Å². The molecule has 0 saturated carbocycles. The fraction of sp³-hybridized carbons (Fsp3) is 0.208. The van der Waals surface area contributed by atoms with Gasteiger partial charge < -0.3 is 10.1 Å². The lowest BCUT2D eigenvalue weighted by Crippen LogP contribution is -2.27. The van der Waals surface area contributed by atoms with E-state index in [1.54, 1.807) is 30.3 Å². The minimum Gasteiger partial charge on any atom is -0.494 e. The van der Waals surface area contributed by atoms with Gasteiger partial charge in [-0.25, -0.2) is 12.8 Å². The number of halogens is 2. The van der Waals surface area contributed by atoms with Crippen molar-refractivity contribution in [3.05, 3.63) is 94.3 Å². The third-order valence-electron chi connectivity index (χ3n) is 4.90. The average molecular weight is 491 g/mol. The number of benzene rings is 3. The van der Waals surface area contributed by atoms with Crippen LogP contribution in [-0.4, -0.2) is 32.3 Å². The highest BCUT2D eigenvalue weighted by Crippen LogP contribution is 2.25. The first-order valence-corrected chi connectivity index (χ1v) is 12.0. The number of carbonyl (C=O) groups is 1. The minimum atomic E-state index is -3.78. The SMILES string of the molecule is CCOc1ccc(C(=O)NCc2ccc(F)cc2)cc1CN(C)S(=O)(=O)c1ccc(Cl)cc1. The summed E-state index contributed by atoms with van der Waals surface area (Å²) in [5.74, 6) is -0.198. The highest BCUT2D eigenvalue weighted by Gasteiger charge is 2.23. The lowest BCUT2D eigenvalue weighted by molar-refractivity contribution is 0.0950. The van der Waals surface area contributed by atoms with Crippen molar-refractivity contribution in [1.29, 1.82) is 0 Å². The van der Waals surface area contributed by atoms with E-state index in [9.17, 15) is 17.6 Å². The van der Waals surface area contributed by atoms with E-state index in [1.165, 1.54) is 47.8 Å². The Kier molecular flexibility index (Phi) is 8.07. The van der Waals surface area contributed by atoms with Crippen LogP contribution >= 0.6 is 11.6 Å². The van der Waals surface area contributed by atoms with Gasteiger partial charge in [-0.2, -0.15) is 4.31 Å². The summed E-state index contributed by atoms with van der Waals surface area (Å²) in [4.78, 5) is 12.8. The Bertz CT molecular complexity index is 1220. The summed E-state index contributed by atoms with van der Waals surface area (Å²) in [5, 5.41) is 3.22. The van der Waals surface area contributed by atoms with Crippen LogP contribution < -0.4 is 10.1 Å². The molecular weight excluding hydrogens is 467 g/mol. The van der Waals surface area contributed by atoms with Crippen LogP contribution in [0.4, 0.5) is 4.39 Å². The van der Waals surface area contributed by atoms with Gasteiger partial charge in [0.05, 0.1) is 11.5 Å². The molecule has 0 atom stereocenters. The predicted molar refractivity (Wildman–Crippen MR) is 125 cm³/mol. The Morgan fingerprint density at radius 2 is 1.73 bits per heavy atom. The van der Waals surface area contributed by atoms with Crippen LogP contribution in [-0.2, 0) is 23.1 Å². The highest BCUT2D eigenvalue weighted by atomic mass is 35.5. The molecule has 3 aromatic rings. The van der Waals surface area contributed by atoms with Gasteiger partial charge in [0.1, 0.15) is 11.6 Å². The van der Waals surface area contributed by atoms with Crippen LogP contribution in [0, 0.1) is 5.82 Å². The first kappa shape index (κ1) is 24.7. The van der Waals surface area contributed by atoms with Crippen molar-refractivity contribution in [3.63, 3.8) is 0 Å². The fourth-order valence-electron chi connectivity index (χ4n) is 3.14. The van der Waals surface area contributed by atoms with Crippen LogP contribution in [0.5, 0.6) is 5.75 Å². The largest absolute Gasteiger partial charge is 0.494 e. The van der Waals surface area contributed by atoms with E-state index in [-0.39, 0.29) is 29.7 Å². The summed E-state index contributed by atoms with van der Waals surface area (Å²) in [6, 6.07) is 16.6. The van der Waals surface area contributed by atoms with Gasteiger partial charge >= 0.3 is 0 Å². The average Bonchev–Trinajstić information content (AvgIpc) is 2.80. The molecule has 0 heterocycles. The van der Waals surface area contributed by atoms with Crippen LogP contribution in [0.1, 0.15) is 28.4 Å². The monoisotopic (exact) mass is 490 g/mol. The lowest BCUT2D eigenvalue weighted by Gasteiger charge is -2.20. The quantitative estimate of drug-likeness (QED) is 0.474. The highest BCUT2D eigenvalue weighted by molar-refractivity contribution is 7.89. The molecule has 0 radical (unpaired) electrons. The summed E-state index contributed by atoms with van der Waals surface area (Å²) in [6.45, 7) is 2.43. The van der Waals surface area contributed by atoms with Crippen LogP contribution in [0.25, 0.3) is 0 Å². The van der Waals surface area contributed by atoms with E-state index in [1.807, 2.05) is 6.92 Å². The molecule has 3 aromatic carbocycles. The number of hydrogen-bond donors (Lipinski definition) is 1. The fourth-order valence-corrected chi connectivity index (χ4v) is 4.41. The van der Waals surface area contributed by atoms with Crippen molar-refractivity contribution >= 4 is 27.5 Å². The molecule has 0 aliphatic rings. The van der Waals surface area contributed by atoms with E-state index in [0.29, 0.717) is 28.5 Å². The first-order valence-electron chi connectivity index (χ1n) is 10.2. The maximum atomic E-state index is 13.1. The van der Waals surface area contributed by atoms with Crippen LogP contribution in [0.3, 0.4) is 0 Å². The zero-order valence-corrected chi connectivity index (χ0v) is 19.8. The predicted octanol–water partition coefficient (Wildman–Crippen LogP) is 4.63. The second kappa shape index (κ2) is 10.8. The van der Waals surface area contributed by atoms with E-state index in [0.717, 1.165) is 5.56 Å². The van der Waals surface area contributed by atoms with Gasteiger partial charge in [-0.3, -0.25) is 4.79 Å². The smallest absolute Gasteiger partial charge is 0.251 e. The molecule has 0 unspecified atom stereocenters. The lowest BCUT2D eigenvalue weighted by atomic mass is 10.1. The van der Waals surface area contributed by atoms with E-state index in [2.05, 4.69) is 5.32 Å². The molecule has 3 rings (SSSR count). The van der Waals surface area contributed by atoms with Gasteiger partial charge in [0.15, 0.2) is 0 Å². The Morgan fingerprint density at radius 3 is 2.36 bits per heavy atom. The number of rotatable bonds is 9. The topological polar surface area (TPSA) is 75.7 Å². The summed E-state index contributed by atoms with van der Waals surface area (Å²) in [7, 11) is -2.32. The van der Waals surface area contributed by atoms with Gasteiger partial charge in [0.25, 0.3) is 5.91 Å². The molecule has 174 valence electrons. The van der Waals surface area contributed by atoms with Gasteiger partial charge in [-0.1, -0.05) is 23.7 Å². The maximum Gasteiger partial charge on any atom is 0.251 e. The van der Waals surface area contributed by atoms with E-state index >= 15 is 0 Å². The van der Waals surface area contributed by atoms with Gasteiger partial charge in [0.2, 0.25) is 10.0 Å². The van der Waals surface area contributed by atoms with Crippen molar-refractivity contribution < 1.29 is 22.3 Å². The van der Waals surface area contributed by atoms with Crippen molar-refractivity contribution in [2.75, 3.05) is 13.7 Å². The molecule has 6 nitrogen and oxygen atoms in total. The third-order valence-corrected chi connectivity index (χ3v) is 6.97. The Morgan fingerprint density at radius 1 is 1.06 bits per heavy atom. The number of nitrogens with one attached hydrogen (secondary N) is 1. The van der Waals surface area contributed by atoms with Crippen LogP contribution in [0.2, 0.25) is 5.02 Å². The molecule has 0 aliphatic carbocycles. The molecule has 9 heteroatoms.